The summed E-state index contributed by atoms with van der Waals surface area (Å²) >= 11 is 1.67. The molecule has 4 rings (SSSR count). The molecule has 1 aromatic carbocycles. The van der Waals surface area contributed by atoms with E-state index in [9.17, 15) is 4.79 Å². The van der Waals surface area contributed by atoms with Crippen LogP contribution < -0.4 is 15.0 Å². The highest BCUT2D eigenvalue weighted by molar-refractivity contribution is 7.18. The summed E-state index contributed by atoms with van der Waals surface area (Å²) in [6.45, 7) is 7.26. The van der Waals surface area contributed by atoms with E-state index in [0.29, 0.717) is 35.8 Å². The molecule has 0 saturated carbocycles. The number of thiophene rings is 1. The average Bonchev–Trinajstić information content (AvgIpc) is 3.05. The third kappa shape index (κ3) is 4.04. The molecule has 1 aliphatic rings. The SMILES string of the molecule is COc1cc(-c2nc3sc4c(c3c(=O)[nH]2)CCC(C)C4)ccc1OCCC(C)C. The molecule has 0 aliphatic heterocycles. The normalized spacial score (nSPS) is 16.2. The van der Waals surface area contributed by atoms with Crippen LogP contribution in [0.25, 0.3) is 21.6 Å². The van der Waals surface area contributed by atoms with E-state index in [1.54, 1.807) is 18.4 Å². The molecular formula is C23H28N2O3S. The Kier molecular flexibility index (Phi) is 5.63. The van der Waals surface area contributed by atoms with Gasteiger partial charge in [0.25, 0.3) is 5.56 Å². The molecule has 0 bridgehead atoms. The van der Waals surface area contributed by atoms with Crippen LogP contribution >= 0.6 is 11.3 Å². The van der Waals surface area contributed by atoms with E-state index >= 15 is 0 Å². The number of nitrogens with zero attached hydrogens (tertiary/aromatic N) is 1. The van der Waals surface area contributed by atoms with Gasteiger partial charge < -0.3 is 14.5 Å². The lowest BCUT2D eigenvalue weighted by Gasteiger charge is -2.17. The zero-order valence-corrected chi connectivity index (χ0v) is 18.3. The van der Waals surface area contributed by atoms with Crippen molar-refractivity contribution in [2.75, 3.05) is 13.7 Å². The van der Waals surface area contributed by atoms with Crippen molar-refractivity contribution in [3.05, 3.63) is 39.0 Å². The molecule has 0 radical (unpaired) electrons. The quantitative estimate of drug-likeness (QED) is 0.604. The van der Waals surface area contributed by atoms with Gasteiger partial charge in [0.2, 0.25) is 0 Å². The van der Waals surface area contributed by atoms with Crippen molar-refractivity contribution in [2.45, 2.75) is 46.5 Å². The zero-order valence-electron chi connectivity index (χ0n) is 17.5. The minimum absolute atomic E-state index is 0.0479. The van der Waals surface area contributed by atoms with Crippen LogP contribution in [-0.2, 0) is 12.8 Å². The molecule has 3 aromatic rings. The summed E-state index contributed by atoms with van der Waals surface area (Å²) < 4.78 is 11.4. The van der Waals surface area contributed by atoms with E-state index < -0.39 is 0 Å². The van der Waals surface area contributed by atoms with Crippen LogP contribution in [0.5, 0.6) is 11.5 Å². The smallest absolute Gasteiger partial charge is 0.260 e. The second kappa shape index (κ2) is 8.19. The van der Waals surface area contributed by atoms with Crippen molar-refractivity contribution in [3.8, 4) is 22.9 Å². The number of benzene rings is 1. The zero-order chi connectivity index (χ0) is 20.5. The molecule has 2 aromatic heterocycles. The molecule has 1 unspecified atom stereocenters. The molecule has 0 amide bonds. The maximum Gasteiger partial charge on any atom is 0.260 e. The Balaban J connectivity index is 1.68. The number of aryl methyl sites for hydroxylation is 1. The number of nitrogens with one attached hydrogen (secondary N) is 1. The minimum Gasteiger partial charge on any atom is -0.493 e. The van der Waals surface area contributed by atoms with E-state index in [2.05, 4.69) is 25.8 Å². The van der Waals surface area contributed by atoms with Crippen molar-refractivity contribution >= 4 is 21.6 Å². The fourth-order valence-corrected chi connectivity index (χ4v) is 5.21. The molecule has 2 heterocycles. The lowest BCUT2D eigenvalue weighted by atomic mass is 9.89. The van der Waals surface area contributed by atoms with Crippen LogP contribution in [0.1, 0.15) is 44.1 Å². The topological polar surface area (TPSA) is 64.2 Å². The van der Waals surface area contributed by atoms with Gasteiger partial charge in [0, 0.05) is 10.4 Å². The summed E-state index contributed by atoms with van der Waals surface area (Å²) in [6.07, 6.45) is 4.13. The van der Waals surface area contributed by atoms with E-state index in [4.69, 9.17) is 14.5 Å². The van der Waals surface area contributed by atoms with Crippen LogP contribution in [0.3, 0.4) is 0 Å². The van der Waals surface area contributed by atoms with Gasteiger partial charge in [0.15, 0.2) is 11.5 Å². The van der Waals surface area contributed by atoms with Crippen LogP contribution in [0, 0.1) is 11.8 Å². The number of methoxy groups -OCH3 is 1. The summed E-state index contributed by atoms with van der Waals surface area (Å²) in [5, 5.41) is 0.779. The molecule has 154 valence electrons. The van der Waals surface area contributed by atoms with E-state index in [-0.39, 0.29) is 5.56 Å². The van der Waals surface area contributed by atoms with Gasteiger partial charge in [-0.2, -0.15) is 0 Å². The summed E-state index contributed by atoms with van der Waals surface area (Å²) in [6, 6.07) is 5.69. The third-order valence-corrected chi connectivity index (χ3v) is 6.70. The highest BCUT2D eigenvalue weighted by Crippen LogP contribution is 2.37. The average molecular weight is 413 g/mol. The highest BCUT2D eigenvalue weighted by Gasteiger charge is 2.23. The van der Waals surface area contributed by atoms with Gasteiger partial charge in [-0.1, -0.05) is 20.8 Å². The van der Waals surface area contributed by atoms with E-state index in [1.165, 1.54) is 10.4 Å². The molecule has 0 spiro atoms. The molecule has 0 fully saturated rings. The van der Waals surface area contributed by atoms with Crippen molar-refractivity contribution in [1.82, 2.24) is 9.97 Å². The van der Waals surface area contributed by atoms with Gasteiger partial charge in [0.1, 0.15) is 10.7 Å². The summed E-state index contributed by atoms with van der Waals surface area (Å²) in [7, 11) is 1.63. The molecule has 6 heteroatoms. The number of hydrogen-bond donors (Lipinski definition) is 1. The number of aromatic amines is 1. The van der Waals surface area contributed by atoms with Gasteiger partial charge in [-0.3, -0.25) is 4.79 Å². The number of hydrogen-bond acceptors (Lipinski definition) is 5. The largest absolute Gasteiger partial charge is 0.493 e. The number of rotatable bonds is 6. The standard InChI is InChI=1S/C23H28N2O3S/c1-13(2)9-10-28-17-8-6-15(12-18(17)27-4)21-24-22(26)20-16-7-5-14(3)11-19(16)29-23(20)25-21/h6,8,12-14H,5,7,9-11H2,1-4H3,(H,24,25,26). The van der Waals surface area contributed by atoms with Gasteiger partial charge in [-0.05, 0) is 61.3 Å². The molecule has 1 N–H and O–H groups in total. The maximum absolute atomic E-state index is 12.9. The van der Waals surface area contributed by atoms with Crippen LogP contribution in [0.2, 0.25) is 0 Å². The maximum atomic E-state index is 12.9. The Morgan fingerprint density at radius 2 is 2.14 bits per heavy atom. The van der Waals surface area contributed by atoms with E-state index in [1.807, 2.05) is 18.2 Å². The molecule has 29 heavy (non-hydrogen) atoms. The molecule has 1 atom stereocenters. The van der Waals surface area contributed by atoms with Crippen molar-refractivity contribution in [3.63, 3.8) is 0 Å². The molecule has 0 saturated heterocycles. The Bertz CT molecular complexity index is 1080. The second-order valence-electron chi connectivity index (χ2n) is 8.34. The fourth-order valence-electron chi connectivity index (χ4n) is 3.82. The van der Waals surface area contributed by atoms with Crippen LogP contribution in [0.15, 0.2) is 23.0 Å². The molecule has 1 aliphatic carbocycles. The first kappa shape index (κ1) is 20.0. The predicted octanol–water partition coefficient (Wildman–Crippen LogP) is 5.21. The highest BCUT2D eigenvalue weighted by atomic mass is 32.1. The first-order valence-corrected chi connectivity index (χ1v) is 11.1. The Morgan fingerprint density at radius 1 is 1.31 bits per heavy atom. The predicted molar refractivity (Wildman–Crippen MR) is 118 cm³/mol. The summed E-state index contributed by atoms with van der Waals surface area (Å²) in [4.78, 5) is 22.8. The first-order valence-electron chi connectivity index (χ1n) is 10.3. The lowest BCUT2D eigenvalue weighted by Crippen LogP contribution is -2.13. The molecule has 5 nitrogen and oxygen atoms in total. The van der Waals surface area contributed by atoms with Gasteiger partial charge >= 0.3 is 0 Å². The Morgan fingerprint density at radius 3 is 2.90 bits per heavy atom. The monoisotopic (exact) mass is 412 g/mol. The van der Waals surface area contributed by atoms with Gasteiger partial charge in [0.05, 0.1) is 19.1 Å². The fraction of sp³-hybridized carbons (Fsp3) is 0.478. The van der Waals surface area contributed by atoms with Crippen molar-refractivity contribution in [2.24, 2.45) is 11.8 Å². The van der Waals surface area contributed by atoms with Crippen LogP contribution in [-0.4, -0.2) is 23.7 Å². The Hall–Kier alpha value is -2.34. The number of ether oxygens (including phenoxy) is 2. The summed E-state index contributed by atoms with van der Waals surface area (Å²) in [5.41, 5.74) is 1.97. The molecular weight excluding hydrogens is 384 g/mol. The first-order chi connectivity index (χ1) is 14.0. The van der Waals surface area contributed by atoms with Gasteiger partial charge in [-0.25, -0.2) is 4.98 Å². The van der Waals surface area contributed by atoms with Crippen molar-refractivity contribution < 1.29 is 9.47 Å². The lowest BCUT2D eigenvalue weighted by molar-refractivity contribution is 0.273. The van der Waals surface area contributed by atoms with Crippen LogP contribution in [0.4, 0.5) is 0 Å². The third-order valence-electron chi connectivity index (χ3n) is 5.56. The Labute approximate surface area is 175 Å². The summed E-state index contributed by atoms with van der Waals surface area (Å²) in [5.74, 6) is 3.18. The van der Waals surface area contributed by atoms with E-state index in [0.717, 1.165) is 41.5 Å². The number of aromatic nitrogens is 2. The minimum atomic E-state index is -0.0479. The number of H-pyrrole nitrogens is 1. The second-order valence-corrected chi connectivity index (χ2v) is 9.43. The van der Waals surface area contributed by atoms with Gasteiger partial charge in [-0.15, -0.1) is 11.3 Å². The number of fused-ring (bicyclic) bond motifs is 3. The van der Waals surface area contributed by atoms with Crippen molar-refractivity contribution in [1.29, 1.82) is 0 Å².